The molecular formula is C11H9N3O2. The predicted molar refractivity (Wildman–Crippen MR) is 56.2 cm³/mol. The Morgan fingerprint density at radius 2 is 2.31 bits per heavy atom. The second-order valence-electron chi connectivity index (χ2n) is 3.51. The smallest absolute Gasteiger partial charge is 0.356 e. The van der Waals surface area contributed by atoms with Gasteiger partial charge in [0.25, 0.3) is 0 Å². The van der Waals surface area contributed by atoms with Gasteiger partial charge >= 0.3 is 5.97 Å². The monoisotopic (exact) mass is 215 g/mol. The van der Waals surface area contributed by atoms with Crippen molar-refractivity contribution < 1.29 is 9.90 Å². The number of hydrogen-bond donors (Lipinski definition) is 1. The van der Waals surface area contributed by atoms with E-state index in [9.17, 15) is 4.79 Å². The van der Waals surface area contributed by atoms with Crippen LogP contribution in [0.3, 0.4) is 0 Å². The lowest BCUT2D eigenvalue weighted by Crippen LogP contribution is -1.94. The van der Waals surface area contributed by atoms with Gasteiger partial charge in [-0.15, -0.1) is 0 Å². The fourth-order valence-corrected chi connectivity index (χ4v) is 1.44. The molecule has 1 atom stereocenters. The van der Waals surface area contributed by atoms with Crippen molar-refractivity contribution >= 4 is 11.6 Å². The third kappa shape index (κ3) is 1.61. The minimum atomic E-state index is -1.06. The summed E-state index contributed by atoms with van der Waals surface area (Å²) >= 11 is 0. The van der Waals surface area contributed by atoms with Crippen LogP contribution in [0.25, 0.3) is 5.65 Å². The molecule has 0 aliphatic heterocycles. The van der Waals surface area contributed by atoms with E-state index in [-0.39, 0.29) is 11.6 Å². The normalized spacial score (nSPS) is 12.2. The lowest BCUT2D eigenvalue weighted by Gasteiger charge is -2.02. The van der Waals surface area contributed by atoms with E-state index in [4.69, 9.17) is 10.4 Å². The highest BCUT2D eigenvalue weighted by Gasteiger charge is 2.10. The average Bonchev–Trinajstić information content (AvgIpc) is 2.70. The SMILES string of the molecule is CC(C#N)c1ccc2nc(C(=O)O)cn2c1. The fraction of sp³-hybridized carbons (Fsp3) is 0.182. The molecule has 1 N–H and O–H groups in total. The van der Waals surface area contributed by atoms with Gasteiger partial charge in [0.15, 0.2) is 5.69 Å². The van der Waals surface area contributed by atoms with Crippen LogP contribution in [0.2, 0.25) is 0 Å². The van der Waals surface area contributed by atoms with Crippen LogP contribution in [-0.4, -0.2) is 20.5 Å². The summed E-state index contributed by atoms with van der Waals surface area (Å²) in [6, 6.07) is 5.61. The molecule has 0 fully saturated rings. The molecule has 0 aliphatic carbocycles. The summed E-state index contributed by atoms with van der Waals surface area (Å²) in [4.78, 5) is 14.6. The summed E-state index contributed by atoms with van der Waals surface area (Å²) < 4.78 is 1.62. The van der Waals surface area contributed by atoms with Gasteiger partial charge in [0.05, 0.1) is 12.0 Å². The maximum atomic E-state index is 10.7. The summed E-state index contributed by atoms with van der Waals surface area (Å²) in [6.45, 7) is 1.79. The first-order valence-electron chi connectivity index (χ1n) is 4.73. The second-order valence-corrected chi connectivity index (χ2v) is 3.51. The van der Waals surface area contributed by atoms with Crippen molar-refractivity contribution in [1.82, 2.24) is 9.38 Å². The molecule has 0 spiro atoms. The molecule has 5 nitrogen and oxygen atoms in total. The Kier molecular flexibility index (Phi) is 2.33. The van der Waals surface area contributed by atoms with E-state index in [1.807, 2.05) is 0 Å². The van der Waals surface area contributed by atoms with Gasteiger partial charge in [0.2, 0.25) is 0 Å². The molecule has 0 aromatic carbocycles. The highest BCUT2D eigenvalue weighted by atomic mass is 16.4. The fourth-order valence-electron chi connectivity index (χ4n) is 1.44. The van der Waals surface area contributed by atoms with Gasteiger partial charge in [-0.1, -0.05) is 6.07 Å². The number of rotatable bonds is 2. The topological polar surface area (TPSA) is 78.4 Å². The van der Waals surface area contributed by atoms with E-state index in [0.29, 0.717) is 5.65 Å². The Balaban J connectivity index is 2.54. The number of imidazole rings is 1. The van der Waals surface area contributed by atoms with E-state index < -0.39 is 5.97 Å². The van der Waals surface area contributed by atoms with E-state index in [2.05, 4.69) is 11.1 Å². The van der Waals surface area contributed by atoms with Crippen molar-refractivity contribution in [3.8, 4) is 6.07 Å². The van der Waals surface area contributed by atoms with Gasteiger partial charge < -0.3 is 9.51 Å². The van der Waals surface area contributed by atoms with Gasteiger partial charge in [-0.25, -0.2) is 9.78 Å². The molecule has 0 bridgehead atoms. The minimum absolute atomic E-state index is 0.00163. The van der Waals surface area contributed by atoms with Gasteiger partial charge in [-0.05, 0) is 18.6 Å². The molecule has 0 amide bonds. The van der Waals surface area contributed by atoms with Crippen molar-refractivity contribution in [1.29, 1.82) is 5.26 Å². The number of hydrogen-bond acceptors (Lipinski definition) is 3. The van der Waals surface area contributed by atoms with Crippen molar-refractivity contribution in [3.63, 3.8) is 0 Å². The first kappa shape index (κ1) is 10.2. The number of pyridine rings is 1. The van der Waals surface area contributed by atoms with Gasteiger partial charge in [-0.3, -0.25) is 0 Å². The number of fused-ring (bicyclic) bond motifs is 1. The highest BCUT2D eigenvalue weighted by Crippen LogP contribution is 2.15. The number of aromatic carboxylic acids is 1. The number of aromatic nitrogens is 2. The van der Waals surface area contributed by atoms with Gasteiger partial charge in [-0.2, -0.15) is 5.26 Å². The summed E-state index contributed by atoms with van der Waals surface area (Å²) in [6.07, 6.45) is 3.16. The van der Waals surface area contributed by atoms with E-state index in [1.165, 1.54) is 6.20 Å². The van der Waals surface area contributed by atoms with Crippen LogP contribution in [-0.2, 0) is 0 Å². The maximum absolute atomic E-state index is 10.7. The van der Waals surface area contributed by atoms with Crippen molar-refractivity contribution in [2.45, 2.75) is 12.8 Å². The third-order valence-electron chi connectivity index (χ3n) is 2.39. The van der Waals surface area contributed by atoms with Crippen LogP contribution >= 0.6 is 0 Å². The Morgan fingerprint density at radius 1 is 1.56 bits per heavy atom. The molecule has 1 unspecified atom stereocenters. The molecule has 16 heavy (non-hydrogen) atoms. The number of carboxylic acid groups (broad SMARTS) is 1. The van der Waals surface area contributed by atoms with Crippen molar-refractivity contribution in [2.75, 3.05) is 0 Å². The van der Waals surface area contributed by atoms with Crippen LogP contribution in [0.5, 0.6) is 0 Å². The molecule has 2 aromatic heterocycles. The molecule has 5 heteroatoms. The number of carbonyl (C=O) groups is 1. The lowest BCUT2D eigenvalue weighted by atomic mass is 10.1. The zero-order valence-electron chi connectivity index (χ0n) is 8.58. The number of carboxylic acids is 1. The first-order chi connectivity index (χ1) is 7.61. The van der Waals surface area contributed by atoms with Gasteiger partial charge in [0.1, 0.15) is 5.65 Å². The van der Waals surface area contributed by atoms with E-state index in [0.717, 1.165) is 5.56 Å². The second kappa shape index (κ2) is 3.66. The zero-order chi connectivity index (χ0) is 11.7. The standard InChI is InChI=1S/C11H9N3O2/c1-7(4-12)8-2-3-10-13-9(11(15)16)6-14(10)5-8/h2-3,5-7H,1H3,(H,15,16). The Morgan fingerprint density at radius 3 is 2.94 bits per heavy atom. The van der Waals surface area contributed by atoms with Crippen LogP contribution < -0.4 is 0 Å². The number of nitrogens with zero attached hydrogens (tertiary/aromatic N) is 3. The van der Waals surface area contributed by atoms with Crippen LogP contribution in [0, 0.1) is 11.3 Å². The third-order valence-corrected chi connectivity index (χ3v) is 2.39. The zero-order valence-corrected chi connectivity index (χ0v) is 8.58. The molecule has 0 radical (unpaired) electrons. The summed E-state index contributed by atoms with van der Waals surface area (Å²) in [7, 11) is 0. The molecule has 0 saturated heterocycles. The van der Waals surface area contributed by atoms with Crippen LogP contribution in [0.1, 0.15) is 28.9 Å². The molecule has 2 heterocycles. The van der Waals surface area contributed by atoms with Crippen LogP contribution in [0.15, 0.2) is 24.5 Å². The van der Waals surface area contributed by atoms with Crippen LogP contribution in [0.4, 0.5) is 0 Å². The largest absolute Gasteiger partial charge is 0.476 e. The molecule has 80 valence electrons. The van der Waals surface area contributed by atoms with Crippen molar-refractivity contribution in [2.24, 2.45) is 0 Å². The molecule has 0 aliphatic rings. The lowest BCUT2D eigenvalue weighted by molar-refractivity contribution is 0.0691. The predicted octanol–water partition coefficient (Wildman–Crippen LogP) is 1.66. The Bertz CT molecular complexity index is 595. The summed E-state index contributed by atoms with van der Waals surface area (Å²) in [5.74, 6) is -1.28. The molecular weight excluding hydrogens is 206 g/mol. The van der Waals surface area contributed by atoms with E-state index in [1.54, 1.807) is 29.7 Å². The highest BCUT2D eigenvalue weighted by molar-refractivity contribution is 5.86. The Hall–Kier alpha value is -2.35. The molecule has 0 saturated carbocycles. The average molecular weight is 215 g/mol. The summed E-state index contributed by atoms with van der Waals surface area (Å²) in [5, 5.41) is 17.6. The molecule has 2 rings (SSSR count). The van der Waals surface area contributed by atoms with Crippen molar-refractivity contribution in [3.05, 3.63) is 35.8 Å². The number of nitriles is 1. The minimum Gasteiger partial charge on any atom is -0.476 e. The quantitative estimate of drug-likeness (QED) is 0.826. The van der Waals surface area contributed by atoms with Gasteiger partial charge in [0, 0.05) is 12.4 Å². The maximum Gasteiger partial charge on any atom is 0.356 e. The first-order valence-corrected chi connectivity index (χ1v) is 4.73. The van der Waals surface area contributed by atoms with E-state index >= 15 is 0 Å². The summed E-state index contributed by atoms with van der Waals surface area (Å²) in [5.41, 5.74) is 1.40. The Labute approximate surface area is 91.6 Å². The molecule has 2 aromatic rings.